The third kappa shape index (κ3) is 2.45. The molecule has 1 fully saturated rings. The predicted octanol–water partition coefficient (Wildman–Crippen LogP) is 2.26. The first-order valence-corrected chi connectivity index (χ1v) is 7.61. The van der Waals surface area contributed by atoms with Gasteiger partial charge in [-0.2, -0.15) is 0 Å². The molecule has 0 spiro atoms. The van der Waals surface area contributed by atoms with Crippen LogP contribution in [0.15, 0.2) is 24.3 Å². The summed E-state index contributed by atoms with van der Waals surface area (Å²) in [6.07, 6.45) is 0.763. The number of rotatable bonds is 1. The molecule has 1 saturated heterocycles. The summed E-state index contributed by atoms with van der Waals surface area (Å²) in [7, 11) is 1.47. The van der Waals surface area contributed by atoms with Gasteiger partial charge in [0.2, 0.25) is 0 Å². The average molecular weight is 309 g/mol. The van der Waals surface area contributed by atoms with Crippen molar-refractivity contribution in [1.29, 1.82) is 0 Å². The molecule has 0 aliphatic carbocycles. The molecule has 2 amide bonds. The first-order valence-electron chi connectivity index (χ1n) is 7.61. The lowest BCUT2D eigenvalue weighted by molar-refractivity contribution is -0.0347. The van der Waals surface area contributed by atoms with E-state index in [2.05, 4.69) is 11.4 Å². The Hall–Kier alpha value is -1.69. The van der Waals surface area contributed by atoms with Crippen molar-refractivity contribution < 1.29 is 13.6 Å². The van der Waals surface area contributed by atoms with Crippen molar-refractivity contribution in [2.45, 2.75) is 31.4 Å². The molecular formula is C16H21F2N3O. The van der Waals surface area contributed by atoms with Crippen molar-refractivity contribution in [3.63, 3.8) is 0 Å². The van der Waals surface area contributed by atoms with Gasteiger partial charge in [0.25, 0.3) is 5.92 Å². The Morgan fingerprint density at radius 2 is 2.14 bits per heavy atom. The van der Waals surface area contributed by atoms with Crippen LogP contribution >= 0.6 is 0 Å². The Labute approximate surface area is 129 Å². The second-order valence-electron chi connectivity index (χ2n) is 6.12. The number of amides is 2. The number of hydrogen-bond acceptors (Lipinski definition) is 2. The third-order valence-electron chi connectivity index (χ3n) is 4.80. The van der Waals surface area contributed by atoms with Gasteiger partial charge < -0.3 is 15.1 Å². The zero-order valence-corrected chi connectivity index (χ0v) is 12.9. The van der Waals surface area contributed by atoms with E-state index in [1.165, 1.54) is 17.5 Å². The zero-order valence-electron chi connectivity index (χ0n) is 12.9. The first kappa shape index (κ1) is 15.2. The van der Waals surface area contributed by atoms with Gasteiger partial charge in [-0.25, -0.2) is 13.6 Å². The van der Waals surface area contributed by atoms with E-state index >= 15 is 0 Å². The summed E-state index contributed by atoms with van der Waals surface area (Å²) < 4.78 is 27.7. The molecule has 3 rings (SSSR count). The molecule has 2 aliphatic rings. The highest BCUT2D eigenvalue weighted by Gasteiger charge is 2.48. The maximum Gasteiger partial charge on any atom is 0.320 e. The fourth-order valence-corrected chi connectivity index (χ4v) is 3.43. The van der Waals surface area contributed by atoms with E-state index < -0.39 is 12.0 Å². The largest absolute Gasteiger partial charge is 0.320 e. The van der Waals surface area contributed by atoms with Crippen LogP contribution in [0.5, 0.6) is 0 Å². The van der Waals surface area contributed by atoms with Crippen molar-refractivity contribution in [3.8, 4) is 0 Å². The molecule has 2 aliphatic heterocycles. The van der Waals surface area contributed by atoms with Gasteiger partial charge in [-0.15, -0.1) is 0 Å². The Balaban J connectivity index is 1.79. The standard InChI is InChI=1S/C16H21F2N3O/c1-11-13-6-4-3-5-12(13)7-8-21(11)15(22)20(2)14-9-19-10-16(14,17)18/h3-6,11,14,19H,7-10H2,1-2H3/t11-,14?/m0/s1. The molecule has 4 nitrogen and oxygen atoms in total. The number of alkyl halides is 2. The highest BCUT2D eigenvalue weighted by atomic mass is 19.3. The van der Waals surface area contributed by atoms with Gasteiger partial charge in [-0.1, -0.05) is 24.3 Å². The van der Waals surface area contributed by atoms with E-state index in [-0.39, 0.29) is 25.2 Å². The number of urea groups is 1. The fourth-order valence-electron chi connectivity index (χ4n) is 3.43. The summed E-state index contributed by atoms with van der Waals surface area (Å²) in [4.78, 5) is 15.6. The van der Waals surface area contributed by atoms with Crippen molar-refractivity contribution in [2.24, 2.45) is 0 Å². The van der Waals surface area contributed by atoms with E-state index in [9.17, 15) is 13.6 Å². The molecule has 2 atom stereocenters. The Morgan fingerprint density at radius 3 is 2.82 bits per heavy atom. The summed E-state index contributed by atoms with van der Waals surface area (Å²) in [6.45, 7) is 2.28. The average Bonchev–Trinajstić information content (AvgIpc) is 2.86. The van der Waals surface area contributed by atoms with Crippen molar-refractivity contribution in [1.82, 2.24) is 15.1 Å². The molecule has 120 valence electrons. The number of nitrogens with zero attached hydrogens (tertiary/aromatic N) is 2. The van der Waals surface area contributed by atoms with Gasteiger partial charge in [0.15, 0.2) is 0 Å². The minimum absolute atomic E-state index is 0.0946. The van der Waals surface area contributed by atoms with E-state index in [1.807, 2.05) is 25.1 Å². The van der Waals surface area contributed by atoms with Crippen LogP contribution in [-0.4, -0.2) is 54.5 Å². The van der Waals surface area contributed by atoms with Gasteiger partial charge >= 0.3 is 6.03 Å². The summed E-state index contributed by atoms with van der Waals surface area (Å²) in [6, 6.07) is 6.50. The summed E-state index contributed by atoms with van der Waals surface area (Å²) >= 11 is 0. The SMILES string of the molecule is C[C@H]1c2ccccc2CCN1C(=O)N(C)C1CNCC1(F)F. The molecule has 2 heterocycles. The van der Waals surface area contributed by atoms with Gasteiger partial charge in [0.05, 0.1) is 12.6 Å². The minimum atomic E-state index is -2.87. The fraction of sp³-hybridized carbons (Fsp3) is 0.562. The van der Waals surface area contributed by atoms with Crippen LogP contribution < -0.4 is 5.32 Å². The number of fused-ring (bicyclic) bond motifs is 1. The van der Waals surface area contributed by atoms with E-state index in [0.717, 1.165) is 12.0 Å². The lowest BCUT2D eigenvalue weighted by Crippen LogP contribution is -2.54. The number of hydrogen-bond donors (Lipinski definition) is 1. The lowest BCUT2D eigenvalue weighted by atomic mass is 9.94. The second-order valence-corrected chi connectivity index (χ2v) is 6.12. The number of carbonyl (C=O) groups is 1. The molecule has 0 radical (unpaired) electrons. The highest BCUT2D eigenvalue weighted by Crippen LogP contribution is 2.32. The molecule has 22 heavy (non-hydrogen) atoms. The molecule has 0 bridgehead atoms. The topological polar surface area (TPSA) is 35.6 Å². The van der Waals surface area contributed by atoms with Crippen LogP contribution in [0.3, 0.4) is 0 Å². The highest BCUT2D eigenvalue weighted by molar-refractivity contribution is 5.75. The van der Waals surface area contributed by atoms with Gasteiger partial charge in [-0.05, 0) is 24.5 Å². The Morgan fingerprint density at radius 1 is 1.41 bits per heavy atom. The van der Waals surface area contributed by atoms with Gasteiger partial charge in [-0.3, -0.25) is 0 Å². The molecule has 0 aromatic heterocycles. The lowest BCUT2D eigenvalue weighted by Gasteiger charge is -2.39. The second kappa shape index (κ2) is 5.50. The van der Waals surface area contributed by atoms with Crippen LogP contribution in [0.4, 0.5) is 13.6 Å². The number of nitrogens with one attached hydrogen (secondary N) is 1. The smallest absolute Gasteiger partial charge is 0.318 e. The molecule has 6 heteroatoms. The van der Waals surface area contributed by atoms with Gasteiger partial charge in [0, 0.05) is 20.1 Å². The number of carbonyl (C=O) groups excluding carboxylic acids is 1. The Kier molecular flexibility index (Phi) is 3.80. The van der Waals surface area contributed by atoms with Crippen LogP contribution in [-0.2, 0) is 6.42 Å². The van der Waals surface area contributed by atoms with E-state index in [1.54, 1.807) is 4.90 Å². The van der Waals surface area contributed by atoms with E-state index in [4.69, 9.17) is 0 Å². The molecule has 0 saturated carbocycles. The van der Waals surface area contributed by atoms with Crippen molar-refractivity contribution in [3.05, 3.63) is 35.4 Å². The van der Waals surface area contributed by atoms with Crippen molar-refractivity contribution >= 4 is 6.03 Å². The van der Waals surface area contributed by atoms with Crippen LogP contribution in [0.25, 0.3) is 0 Å². The van der Waals surface area contributed by atoms with Crippen molar-refractivity contribution in [2.75, 3.05) is 26.7 Å². The maximum absolute atomic E-state index is 13.8. The number of halogens is 2. The maximum atomic E-state index is 13.8. The monoisotopic (exact) mass is 309 g/mol. The summed E-state index contributed by atoms with van der Waals surface area (Å²) in [5, 5.41) is 2.67. The summed E-state index contributed by atoms with van der Waals surface area (Å²) in [5.74, 6) is -2.87. The Bertz CT molecular complexity index is 578. The normalized spacial score (nSPS) is 26.6. The van der Waals surface area contributed by atoms with E-state index in [0.29, 0.717) is 6.54 Å². The molecule has 1 aromatic rings. The minimum Gasteiger partial charge on any atom is -0.318 e. The third-order valence-corrected chi connectivity index (χ3v) is 4.80. The summed E-state index contributed by atoms with van der Waals surface area (Å²) in [5.41, 5.74) is 2.33. The number of likely N-dealkylation sites (N-methyl/N-ethyl adjacent to an activating group) is 1. The first-order chi connectivity index (χ1) is 10.4. The zero-order chi connectivity index (χ0) is 15.9. The molecule has 1 N–H and O–H groups in total. The van der Waals surface area contributed by atoms with Gasteiger partial charge in [0.1, 0.15) is 6.04 Å². The number of benzene rings is 1. The van der Waals surface area contributed by atoms with Crippen LogP contribution in [0.1, 0.15) is 24.1 Å². The molecular weight excluding hydrogens is 288 g/mol. The molecule has 1 unspecified atom stereocenters. The van der Waals surface area contributed by atoms with Crippen LogP contribution in [0, 0.1) is 0 Å². The molecule has 1 aromatic carbocycles. The van der Waals surface area contributed by atoms with Crippen LogP contribution in [0.2, 0.25) is 0 Å². The predicted molar refractivity (Wildman–Crippen MR) is 80.0 cm³/mol. The quantitative estimate of drug-likeness (QED) is 0.864.